The SMILES string of the molecule is CC(C)c1cnn2c(N(C(=O)OC(C)(C)C)C(C)c3nccs3)cc(N(C[C@@H]3CCN(C(=O)OC(C)(C)C)C[C@@H]3O)C(=O)OC(C)(C)C)nc12. The molecule has 1 aliphatic heterocycles. The summed E-state index contributed by atoms with van der Waals surface area (Å²) in [6, 6.07) is 1.04. The number of carbonyl (C=O) groups excluding carboxylic acids is 3. The number of thiazole rings is 1. The summed E-state index contributed by atoms with van der Waals surface area (Å²) >= 11 is 1.40. The van der Waals surface area contributed by atoms with Crippen LogP contribution in [0.1, 0.15) is 112 Å². The topological polar surface area (TPSA) is 152 Å². The lowest BCUT2D eigenvalue weighted by Crippen LogP contribution is -2.52. The molecule has 3 aromatic rings. The van der Waals surface area contributed by atoms with E-state index in [0.29, 0.717) is 29.4 Å². The number of aromatic nitrogens is 4. The third-order valence-corrected chi connectivity index (χ3v) is 8.75. The van der Waals surface area contributed by atoms with Gasteiger partial charge in [-0.3, -0.25) is 9.80 Å². The van der Waals surface area contributed by atoms with Crippen LogP contribution in [0.15, 0.2) is 23.8 Å². The molecule has 1 N–H and O–H groups in total. The first-order valence-corrected chi connectivity index (χ1v) is 17.9. The molecule has 4 heterocycles. The third-order valence-electron chi connectivity index (χ3n) is 7.80. The summed E-state index contributed by atoms with van der Waals surface area (Å²) in [4.78, 5) is 54.7. The summed E-state index contributed by atoms with van der Waals surface area (Å²) in [6.45, 7) is 22.3. The molecule has 276 valence electrons. The van der Waals surface area contributed by atoms with Gasteiger partial charge in [0.15, 0.2) is 5.65 Å². The molecule has 3 amide bonds. The Morgan fingerprint density at radius 1 is 0.980 bits per heavy atom. The van der Waals surface area contributed by atoms with Gasteiger partial charge in [-0.2, -0.15) is 9.61 Å². The van der Waals surface area contributed by atoms with Crippen molar-refractivity contribution in [3.63, 3.8) is 0 Å². The standard InChI is InChI=1S/C35H53N7O7S/c1-21(2)24-18-37-42-27(41(32(46)49-35(10,11)12)22(3)29-36-14-16-50-29)17-26(38-28(24)42)40(31(45)48-34(7,8)9)19-23-13-15-39(20-25(23)43)30(44)47-33(4,5)6/h14,16-18,21-23,25,43H,13,15,19-20H2,1-12H3/t22?,23-,25-/m0/s1. The Morgan fingerprint density at radius 3 is 2.14 bits per heavy atom. The zero-order chi connectivity index (χ0) is 37.3. The average molecular weight is 716 g/mol. The van der Waals surface area contributed by atoms with Crippen LogP contribution >= 0.6 is 11.3 Å². The van der Waals surface area contributed by atoms with Crippen LogP contribution in [-0.4, -0.2) is 90.4 Å². The van der Waals surface area contributed by atoms with Gasteiger partial charge in [0.05, 0.1) is 24.9 Å². The number of hydrogen-bond donors (Lipinski definition) is 1. The fourth-order valence-electron chi connectivity index (χ4n) is 5.48. The van der Waals surface area contributed by atoms with Crippen molar-refractivity contribution in [2.24, 2.45) is 5.92 Å². The number of amides is 3. The number of nitrogens with zero attached hydrogens (tertiary/aromatic N) is 7. The predicted octanol–water partition coefficient (Wildman–Crippen LogP) is 7.17. The minimum atomic E-state index is -0.964. The number of fused-ring (bicyclic) bond motifs is 1. The Hall–Kier alpha value is -3.98. The molecule has 50 heavy (non-hydrogen) atoms. The van der Waals surface area contributed by atoms with Crippen LogP contribution in [0.4, 0.5) is 26.0 Å². The van der Waals surface area contributed by atoms with Gasteiger partial charge in [0.1, 0.15) is 33.4 Å². The predicted molar refractivity (Wildman–Crippen MR) is 192 cm³/mol. The van der Waals surface area contributed by atoms with Crippen molar-refractivity contribution >= 4 is 46.9 Å². The number of likely N-dealkylation sites (tertiary alicyclic amines) is 1. The lowest BCUT2D eigenvalue weighted by molar-refractivity contribution is -0.0119. The highest BCUT2D eigenvalue weighted by molar-refractivity contribution is 7.09. The van der Waals surface area contributed by atoms with Crippen molar-refractivity contribution in [2.75, 3.05) is 29.4 Å². The second-order valence-corrected chi connectivity index (χ2v) is 16.9. The molecule has 3 aromatic heterocycles. The Kier molecular flexibility index (Phi) is 11.4. The van der Waals surface area contributed by atoms with E-state index in [-0.39, 0.29) is 24.8 Å². The lowest BCUT2D eigenvalue weighted by atomic mass is 9.93. The second kappa shape index (κ2) is 14.7. The number of anilines is 2. The molecule has 0 aromatic carbocycles. The number of aliphatic hydroxyl groups is 1. The molecule has 1 saturated heterocycles. The number of aliphatic hydroxyl groups excluding tert-OH is 1. The molecule has 3 atom stereocenters. The molecule has 1 aliphatic rings. The minimum absolute atomic E-state index is 0.00319. The van der Waals surface area contributed by atoms with Gasteiger partial charge in [-0.15, -0.1) is 11.3 Å². The summed E-state index contributed by atoms with van der Waals surface area (Å²) < 4.78 is 18.9. The van der Waals surface area contributed by atoms with Crippen molar-refractivity contribution in [2.45, 2.75) is 124 Å². The molecular formula is C35H53N7O7S. The Labute approximate surface area is 298 Å². The van der Waals surface area contributed by atoms with Gasteiger partial charge in [0.2, 0.25) is 0 Å². The van der Waals surface area contributed by atoms with Crippen LogP contribution in [-0.2, 0) is 14.2 Å². The van der Waals surface area contributed by atoms with Crippen molar-refractivity contribution in [1.29, 1.82) is 0 Å². The summed E-state index contributed by atoms with van der Waals surface area (Å²) in [5.41, 5.74) is -1.09. The number of hydrogen-bond acceptors (Lipinski definition) is 11. The second-order valence-electron chi connectivity index (χ2n) is 16.0. The van der Waals surface area contributed by atoms with Crippen LogP contribution in [0.25, 0.3) is 5.65 Å². The van der Waals surface area contributed by atoms with Crippen LogP contribution < -0.4 is 9.80 Å². The molecule has 4 rings (SSSR count). The number of rotatable bonds is 7. The molecule has 0 bridgehead atoms. The molecule has 14 nitrogen and oxygen atoms in total. The Bertz CT molecular complexity index is 1650. The Balaban J connectivity index is 1.84. The Morgan fingerprint density at radius 2 is 1.60 bits per heavy atom. The largest absolute Gasteiger partial charge is 0.444 e. The summed E-state index contributed by atoms with van der Waals surface area (Å²) in [7, 11) is 0. The summed E-state index contributed by atoms with van der Waals surface area (Å²) in [6.07, 6.45) is 0.993. The minimum Gasteiger partial charge on any atom is -0.444 e. The van der Waals surface area contributed by atoms with Crippen molar-refractivity contribution < 1.29 is 33.7 Å². The van der Waals surface area contributed by atoms with E-state index >= 15 is 0 Å². The fourth-order valence-corrected chi connectivity index (χ4v) is 6.16. The number of piperidine rings is 1. The average Bonchev–Trinajstić information content (AvgIpc) is 3.64. The highest BCUT2D eigenvalue weighted by Crippen LogP contribution is 2.35. The smallest absolute Gasteiger partial charge is 0.416 e. The van der Waals surface area contributed by atoms with Gasteiger partial charge >= 0.3 is 18.3 Å². The van der Waals surface area contributed by atoms with E-state index in [0.717, 1.165) is 5.56 Å². The van der Waals surface area contributed by atoms with Crippen LogP contribution in [0.2, 0.25) is 0 Å². The first-order chi connectivity index (χ1) is 23.0. The molecule has 0 spiro atoms. The highest BCUT2D eigenvalue weighted by Gasteiger charge is 2.38. The molecular weight excluding hydrogens is 662 g/mol. The normalized spacial score (nSPS) is 17.8. The molecule has 1 unspecified atom stereocenters. The van der Waals surface area contributed by atoms with E-state index < -0.39 is 53.1 Å². The summed E-state index contributed by atoms with van der Waals surface area (Å²) in [5.74, 6) is 0.0744. The van der Waals surface area contributed by atoms with Crippen LogP contribution in [0.5, 0.6) is 0 Å². The van der Waals surface area contributed by atoms with Gasteiger partial charge in [-0.05, 0) is 81.6 Å². The van der Waals surface area contributed by atoms with Gasteiger partial charge in [-0.25, -0.2) is 24.4 Å². The van der Waals surface area contributed by atoms with Crippen LogP contribution in [0, 0.1) is 5.92 Å². The maximum atomic E-state index is 14.1. The van der Waals surface area contributed by atoms with E-state index in [1.165, 1.54) is 26.0 Å². The fraction of sp³-hybridized carbons (Fsp3) is 0.657. The summed E-state index contributed by atoms with van der Waals surface area (Å²) in [5, 5.41) is 18.5. The van der Waals surface area contributed by atoms with E-state index in [1.54, 1.807) is 85.3 Å². The van der Waals surface area contributed by atoms with E-state index in [9.17, 15) is 19.5 Å². The van der Waals surface area contributed by atoms with Crippen molar-refractivity contribution in [3.8, 4) is 0 Å². The van der Waals surface area contributed by atoms with E-state index in [2.05, 4.69) is 10.1 Å². The zero-order valence-electron chi connectivity index (χ0n) is 31.4. The van der Waals surface area contributed by atoms with Gasteiger partial charge < -0.3 is 24.2 Å². The first-order valence-electron chi connectivity index (χ1n) is 17.0. The number of ether oxygens (including phenoxy) is 3. The van der Waals surface area contributed by atoms with Crippen molar-refractivity contribution in [3.05, 3.63) is 34.4 Å². The van der Waals surface area contributed by atoms with E-state index in [4.69, 9.17) is 19.2 Å². The quantitative estimate of drug-likeness (QED) is 0.249. The first kappa shape index (κ1) is 38.8. The van der Waals surface area contributed by atoms with Crippen molar-refractivity contribution in [1.82, 2.24) is 24.5 Å². The van der Waals surface area contributed by atoms with Gasteiger partial charge in [0.25, 0.3) is 0 Å². The molecule has 15 heteroatoms. The van der Waals surface area contributed by atoms with Gasteiger partial charge in [-0.1, -0.05) is 13.8 Å². The maximum Gasteiger partial charge on any atom is 0.416 e. The lowest BCUT2D eigenvalue weighted by Gasteiger charge is -2.38. The molecule has 0 radical (unpaired) electrons. The number of carbonyl (C=O) groups is 3. The maximum absolute atomic E-state index is 14.1. The van der Waals surface area contributed by atoms with Crippen LogP contribution in [0.3, 0.4) is 0 Å². The third kappa shape index (κ3) is 9.62. The molecule has 0 aliphatic carbocycles. The monoisotopic (exact) mass is 715 g/mol. The zero-order valence-corrected chi connectivity index (χ0v) is 32.2. The van der Waals surface area contributed by atoms with E-state index in [1.807, 2.05) is 26.2 Å². The number of β-amino-alcohol motifs (C(OH)–C–C–N with tert-alkyl or cyclic N) is 1. The highest BCUT2D eigenvalue weighted by atomic mass is 32.1. The van der Waals surface area contributed by atoms with Gasteiger partial charge in [0, 0.05) is 42.2 Å². The molecule has 1 fully saturated rings. The molecule has 0 saturated carbocycles.